The van der Waals surface area contributed by atoms with E-state index in [0.29, 0.717) is 0 Å². The van der Waals surface area contributed by atoms with Gasteiger partial charge in [-0.2, -0.15) is 0 Å². The van der Waals surface area contributed by atoms with E-state index in [2.05, 4.69) is 42.3 Å². The predicted octanol–water partition coefficient (Wildman–Crippen LogP) is 1.66. The van der Waals surface area contributed by atoms with Gasteiger partial charge in [0, 0.05) is 43.4 Å². The largest absolute Gasteiger partial charge is 0.391 e. The summed E-state index contributed by atoms with van der Waals surface area (Å²) in [5.74, 6) is 0.772. The van der Waals surface area contributed by atoms with Crippen LogP contribution in [0, 0.1) is 13.8 Å². The van der Waals surface area contributed by atoms with Crippen molar-refractivity contribution in [3.63, 3.8) is 0 Å². The topological polar surface area (TPSA) is 35.5 Å². The summed E-state index contributed by atoms with van der Waals surface area (Å²) in [7, 11) is 0. The quantitative estimate of drug-likeness (QED) is 0.804. The van der Waals surface area contributed by atoms with Crippen LogP contribution in [0.15, 0.2) is 23.1 Å². The van der Waals surface area contributed by atoms with Crippen molar-refractivity contribution in [2.24, 2.45) is 0 Å². The average Bonchev–Trinajstić information content (AvgIpc) is 2.41. The highest BCUT2D eigenvalue weighted by atomic mass is 32.2. The molecule has 1 aliphatic rings. The van der Waals surface area contributed by atoms with Gasteiger partial charge < -0.3 is 10.4 Å². The third-order valence-electron chi connectivity index (χ3n) is 3.45. The van der Waals surface area contributed by atoms with E-state index in [0.717, 1.165) is 38.5 Å². The summed E-state index contributed by atoms with van der Waals surface area (Å²) in [6.45, 7) is 9.20. The molecule has 0 saturated carbocycles. The van der Waals surface area contributed by atoms with Gasteiger partial charge in [0.1, 0.15) is 0 Å². The molecule has 1 saturated heterocycles. The van der Waals surface area contributed by atoms with Gasteiger partial charge in [-0.15, -0.1) is 11.8 Å². The van der Waals surface area contributed by atoms with E-state index in [9.17, 15) is 5.11 Å². The van der Waals surface area contributed by atoms with Crippen LogP contribution < -0.4 is 5.32 Å². The molecule has 0 bridgehead atoms. The molecule has 4 heteroatoms. The van der Waals surface area contributed by atoms with Crippen molar-refractivity contribution in [1.82, 2.24) is 10.2 Å². The monoisotopic (exact) mass is 280 g/mol. The number of aryl methyl sites for hydroxylation is 2. The normalized spacial score (nSPS) is 18.5. The van der Waals surface area contributed by atoms with Crippen LogP contribution in [-0.4, -0.2) is 54.6 Å². The summed E-state index contributed by atoms with van der Waals surface area (Å²) in [4.78, 5) is 3.63. The summed E-state index contributed by atoms with van der Waals surface area (Å²) in [5.41, 5.74) is 2.58. The number of β-amino-alcohol motifs (C(OH)–C–C–N with tert-alkyl or cyclic N) is 1. The van der Waals surface area contributed by atoms with E-state index >= 15 is 0 Å². The van der Waals surface area contributed by atoms with Gasteiger partial charge in [0.05, 0.1) is 6.10 Å². The number of thioether (sulfide) groups is 1. The van der Waals surface area contributed by atoms with Crippen molar-refractivity contribution in [3.8, 4) is 0 Å². The first-order valence-electron chi connectivity index (χ1n) is 6.96. The van der Waals surface area contributed by atoms with Gasteiger partial charge in [-0.3, -0.25) is 4.90 Å². The molecule has 3 nitrogen and oxygen atoms in total. The third-order valence-corrected chi connectivity index (χ3v) is 4.76. The maximum absolute atomic E-state index is 10.1. The average molecular weight is 280 g/mol. The molecule has 1 aromatic carbocycles. The van der Waals surface area contributed by atoms with Crippen molar-refractivity contribution >= 4 is 11.8 Å². The molecule has 106 valence electrons. The van der Waals surface area contributed by atoms with Crippen LogP contribution in [0.1, 0.15) is 11.1 Å². The molecule has 0 aromatic heterocycles. The Bertz CT molecular complexity index is 405. The number of rotatable bonds is 5. The minimum atomic E-state index is -0.247. The first-order chi connectivity index (χ1) is 9.15. The van der Waals surface area contributed by atoms with Crippen LogP contribution in [0.3, 0.4) is 0 Å². The lowest BCUT2D eigenvalue weighted by molar-refractivity contribution is 0.121. The maximum Gasteiger partial charge on any atom is 0.0760 e. The van der Waals surface area contributed by atoms with Crippen LogP contribution in [0.5, 0.6) is 0 Å². The molecule has 2 rings (SSSR count). The fourth-order valence-electron chi connectivity index (χ4n) is 2.29. The van der Waals surface area contributed by atoms with Gasteiger partial charge in [0.2, 0.25) is 0 Å². The second-order valence-corrected chi connectivity index (χ2v) is 6.35. The zero-order valence-electron chi connectivity index (χ0n) is 11.9. The van der Waals surface area contributed by atoms with Gasteiger partial charge in [0.15, 0.2) is 0 Å². The van der Waals surface area contributed by atoms with Gasteiger partial charge in [-0.1, -0.05) is 17.7 Å². The molecule has 2 N–H and O–H groups in total. The van der Waals surface area contributed by atoms with E-state index in [-0.39, 0.29) is 6.10 Å². The second-order valence-electron chi connectivity index (χ2n) is 5.28. The maximum atomic E-state index is 10.1. The number of nitrogens with one attached hydrogen (secondary N) is 1. The first-order valence-corrected chi connectivity index (χ1v) is 7.95. The van der Waals surface area contributed by atoms with E-state index in [4.69, 9.17) is 0 Å². The third kappa shape index (κ3) is 4.80. The van der Waals surface area contributed by atoms with Crippen molar-refractivity contribution < 1.29 is 5.11 Å². The molecule has 1 heterocycles. The van der Waals surface area contributed by atoms with E-state index in [1.807, 2.05) is 0 Å². The smallest absolute Gasteiger partial charge is 0.0760 e. The fraction of sp³-hybridized carbons (Fsp3) is 0.600. The molecule has 0 spiro atoms. The number of nitrogens with zero attached hydrogens (tertiary/aromatic N) is 1. The molecule has 19 heavy (non-hydrogen) atoms. The van der Waals surface area contributed by atoms with E-state index in [1.165, 1.54) is 16.0 Å². The number of aliphatic hydroxyl groups excluding tert-OH is 1. The molecular formula is C15H24N2OS. The predicted molar refractivity (Wildman–Crippen MR) is 82.0 cm³/mol. The molecule has 1 atom stereocenters. The Morgan fingerprint density at radius 2 is 2.05 bits per heavy atom. The minimum Gasteiger partial charge on any atom is -0.391 e. The Kier molecular flexibility index (Phi) is 5.70. The van der Waals surface area contributed by atoms with E-state index in [1.54, 1.807) is 11.8 Å². The number of hydrogen-bond acceptors (Lipinski definition) is 4. The van der Waals surface area contributed by atoms with Crippen LogP contribution >= 0.6 is 11.8 Å². The summed E-state index contributed by atoms with van der Waals surface area (Å²) >= 11 is 1.77. The molecule has 0 aliphatic carbocycles. The standard InChI is InChI=1S/C15H24N2OS/c1-12-3-4-13(2)15(9-12)19-11-14(18)10-17-7-5-16-6-8-17/h3-4,9,14,16,18H,5-8,10-11H2,1-2H3. The molecule has 1 fully saturated rings. The lowest BCUT2D eigenvalue weighted by Crippen LogP contribution is -2.46. The number of hydrogen-bond donors (Lipinski definition) is 2. The molecule has 1 aliphatic heterocycles. The number of piperazine rings is 1. The minimum absolute atomic E-state index is 0.247. The Balaban J connectivity index is 1.79. The molecular weight excluding hydrogens is 256 g/mol. The highest BCUT2D eigenvalue weighted by molar-refractivity contribution is 7.99. The Labute approximate surface area is 120 Å². The SMILES string of the molecule is Cc1ccc(C)c(SCC(O)CN2CCNCC2)c1. The summed E-state index contributed by atoms with van der Waals surface area (Å²) in [5, 5.41) is 13.5. The molecule has 0 amide bonds. The molecule has 1 aromatic rings. The Hall–Kier alpha value is -0.550. The van der Waals surface area contributed by atoms with Crippen LogP contribution in [-0.2, 0) is 0 Å². The van der Waals surface area contributed by atoms with Gasteiger partial charge >= 0.3 is 0 Å². The fourth-order valence-corrected chi connectivity index (χ4v) is 3.34. The van der Waals surface area contributed by atoms with Crippen molar-refractivity contribution in [1.29, 1.82) is 0 Å². The molecule has 0 radical (unpaired) electrons. The lowest BCUT2D eigenvalue weighted by Gasteiger charge is -2.29. The van der Waals surface area contributed by atoms with Crippen LogP contribution in [0.25, 0.3) is 0 Å². The second kappa shape index (κ2) is 7.29. The summed E-state index contributed by atoms with van der Waals surface area (Å²) < 4.78 is 0. The Morgan fingerprint density at radius 3 is 2.79 bits per heavy atom. The lowest BCUT2D eigenvalue weighted by atomic mass is 10.2. The highest BCUT2D eigenvalue weighted by Crippen LogP contribution is 2.24. The van der Waals surface area contributed by atoms with Gasteiger partial charge in [0.25, 0.3) is 0 Å². The zero-order chi connectivity index (χ0) is 13.7. The molecule has 1 unspecified atom stereocenters. The van der Waals surface area contributed by atoms with Crippen molar-refractivity contribution in [2.75, 3.05) is 38.5 Å². The van der Waals surface area contributed by atoms with Crippen LogP contribution in [0.4, 0.5) is 0 Å². The zero-order valence-corrected chi connectivity index (χ0v) is 12.7. The van der Waals surface area contributed by atoms with Gasteiger partial charge in [-0.25, -0.2) is 0 Å². The summed E-state index contributed by atoms with van der Waals surface area (Å²) in [6.07, 6.45) is -0.247. The van der Waals surface area contributed by atoms with E-state index < -0.39 is 0 Å². The van der Waals surface area contributed by atoms with Crippen molar-refractivity contribution in [2.45, 2.75) is 24.8 Å². The van der Waals surface area contributed by atoms with Crippen molar-refractivity contribution in [3.05, 3.63) is 29.3 Å². The van der Waals surface area contributed by atoms with Crippen LogP contribution in [0.2, 0.25) is 0 Å². The highest BCUT2D eigenvalue weighted by Gasteiger charge is 2.14. The summed E-state index contributed by atoms with van der Waals surface area (Å²) in [6, 6.07) is 6.49. The number of aliphatic hydroxyl groups is 1. The first kappa shape index (κ1) is 14.9. The number of benzene rings is 1. The van der Waals surface area contributed by atoms with Gasteiger partial charge in [-0.05, 0) is 25.5 Å². The Morgan fingerprint density at radius 1 is 1.32 bits per heavy atom.